The minimum Gasteiger partial charge on any atom is -0.462 e. The van der Waals surface area contributed by atoms with Crippen LogP contribution >= 0.6 is 15.6 Å². The molecule has 0 saturated heterocycles. The fourth-order valence-electron chi connectivity index (χ4n) is 10.8. The first-order valence-electron chi connectivity index (χ1n) is 37.2. The molecular formula is C72H140O17P2. The summed E-state index contributed by atoms with van der Waals surface area (Å²) in [5, 5.41) is 10.6. The maximum atomic E-state index is 13.0. The van der Waals surface area contributed by atoms with E-state index in [0.29, 0.717) is 25.7 Å². The highest BCUT2D eigenvalue weighted by Crippen LogP contribution is 2.45. The molecule has 19 heteroatoms. The third-order valence-corrected chi connectivity index (χ3v) is 18.8. The Balaban J connectivity index is 5.25. The summed E-state index contributed by atoms with van der Waals surface area (Å²) in [6, 6.07) is 0. The van der Waals surface area contributed by atoms with Crippen LogP contribution in [0.15, 0.2) is 0 Å². The first-order valence-corrected chi connectivity index (χ1v) is 40.2. The van der Waals surface area contributed by atoms with Gasteiger partial charge in [0.25, 0.3) is 0 Å². The molecule has 0 amide bonds. The number of hydrogen-bond acceptors (Lipinski definition) is 15. The van der Waals surface area contributed by atoms with E-state index in [2.05, 4.69) is 55.4 Å². The van der Waals surface area contributed by atoms with Gasteiger partial charge in [0.1, 0.15) is 19.3 Å². The second kappa shape index (κ2) is 61.6. The molecule has 91 heavy (non-hydrogen) atoms. The number of aliphatic hydroxyl groups is 1. The van der Waals surface area contributed by atoms with E-state index in [-0.39, 0.29) is 25.7 Å². The Hall–Kier alpha value is -1.94. The van der Waals surface area contributed by atoms with Gasteiger partial charge in [-0.2, -0.15) is 0 Å². The Morgan fingerprint density at radius 3 is 0.780 bits per heavy atom. The van der Waals surface area contributed by atoms with Crippen LogP contribution in [0.3, 0.4) is 0 Å². The van der Waals surface area contributed by atoms with Crippen LogP contribution in [0, 0.1) is 23.7 Å². The van der Waals surface area contributed by atoms with Gasteiger partial charge in [-0.05, 0) is 49.4 Å². The molecular weight excluding hydrogens is 1200 g/mol. The number of hydrogen-bond donors (Lipinski definition) is 3. The zero-order valence-corrected chi connectivity index (χ0v) is 61.3. The molecule has 0 saturated carbocycles. The predicted octanol–water partition coefficient (Wildman–Crippen LogP) is 20.5. The third-order valence-electron chi connectivity index (χ3n) is 16.9. The molecule has 0 bridgehead atoms. The zero-order valence-electron chi connectivity index (χ0n) is 59.5. The van der Waals surface area contributed by atoms with E-state index in [4.69, 9.17) is 37.0 Å². The van der Waals surface area contributed by atoms with E-state index in [0.717, 1.165) is 120 Å². The summed E-state index contributed by atoms with van der Waals surface area (Å²) < 4.78 is 68.3. The van der Waals surface area contributed by atoms with E-state index in [1.165, 1.54) is 154 Å². The van der Waals surface area contributed by atoms with Crippen LogP contribution in [-0.4, -0.2) is 96.7 Å². The van der Waals surface area contributed by atoms with E-state index in [9.17, 15) is 43.2 Å². The van der Waals surface area contributed by atoms with E-state index >= 15 is 0 Å². The van der Waals surface area contributed by atoms with Crippen LogP contribution in [0.5, 0.6) is 0 Å². The summed E-state index contributed by atoms with van der Waals surface area (Å²) in [6.07, 6.45) is 44.5. The summed E-state index contributed by atoms with van der Waals surface area (Å²) in [6.45, 7) is 14.1. The number of rotatable bonds is 69. The Labute approximate surface area is 556 Å². The fraction of sp³-hybridized carbons (Fsp3) is 0.944. The second-order valence-electron chi connectivity index (χ2n) is 27.6. The number of esters is 4. The molecule has 0 aromatic rings. The molecule has 3 unspecified atom stereocenters. The fourth-order valence-corrected chi connectivity index (χ4v) is 12.4. The van der Waals surface area contributed by atoms with Gasteiger partial charge in [0.15, 0.2) is 12.2 Å². The first-order chi connectivity index (χ1) is 43.6. The second-order valence-corrected chi connectivity index (χ2v) is 30.6. The maximum absolute atomic E-state index is 13.0. The Morgan fingerprint density at radius 2 is 0.527 bits per heavy atom. The Morgan fingerprint density at radius 1 is 0.308 bits per heavy atom. The van der Waals surface area contributed by atoms with E-state index in [1.54, 1.807) is 0 Å². The van der Waals surface area contributed by atoms with Crippen molar-refractivity contribution in [3.63, 3.8) is 0 Å². The van der Waals surface area contributed by atoms with Gasteiger partial charge >= 0.3 is 39.5 Å². The highest BCUT2D eigenvalue weighted by atomic mass is 31.2. The van der Waals surface area contributed by atoms with Crippen molar-refractivity contribution in [1.29, 1.82) is 0 Å². The molecule has 0 aliphatic heterocycles. The molecule has 0 aromatic carbocycles. The molecule has 6 atom stereocenters. The van der Waals surface area contributed by atoms with Crippen molar-refractivity contribution in [2.24, 2.45) is 23.7 Å². The third kappa shape index (κ3) is 65.1. The predicted molar refractivity (Wildman–Crippen MR) is 367 cm³/mol. The highest BCUT2D eigenvalue weighted by molar-refractivity contribution is 7.47. The molecule has 0 fully saturated rings. The smallest absolute Gasteiger partial charge is 0.462 e. The van der Waals surface area contributed by atoms with E-state index < -0.39 is 97.5 Å². The quantitative estimate of drug-likeness (QED) is 0.0222. The molecule has 0 aromatic heterocycles. The molecule has 0 aliphatic carbocycles. The van der Waals surface area contributed by atoms with Crippen LogP contribution in [0.25, 0.3) is 0 Å². The first kappa shape index (κ1) is 89.1. The summed E-state index contributed by atoms with van der Waals surface area (Å²) in [4.78, 5) is 72.6. The van der Waals surface area contributed by atoms with Crippen molar-refractivity contribution in [1.82, 2.24) is 0 Å². The van der Waals surface area contributed by atoms with Crippen LogP contribution in [0.1, 0.15) is 357 Å². The van der Waals surface area contributed by atoms with Gasteiger partial charge in [-0.3, -0.25) is 37.3 Å². The van der Waals surface area contributed by atoms with Gasteiger partial charge in [0, 0.05) is 25.7 Å². The lowest BCUT2D eigenvalue weighted by Gasteiger charge is -2.21. The lowest BCUT2D eigenvalue weighted by molar-refractivity contribution is -0.161. The van der Waals surface area contributed by atoms with Crippen LogP contribution in [-0.2, 0) is 65.4 Å². The van der Waals surface area contributed by atoms with Gasteiger partial charge in [0.05, 0.1) is 26.4 Å². The highest BCUT2D eigenvalue weighted by Gasteiger charge is 2.30. The van der Waals surface area contributed by atoms with E-state index in [1.807, 2.05) is 0 Å². The standard InChI is InChI=1S/C72H140O17P2/c1-9-65(8)51-43-35-30-31-37-45-53-70(75)83-59-68(89-72(77)55-47-39-29-23-22-26-34-42-50-64(6)7)61-87-91(80,81)85-57-66(73)56-84-90(78,79)86-60-67(58-82-69(74)52-44-36-27-20-17-16-19-25-33-41-49-63(4)5)88-71(76)54-46-38-28-21-15-13-11-10-12-14-18-24-32-40-48-62(2)3/h62-68,73H,9-61H2,1-8H3,(H,78,79)(H,80,81)/t65?,66-,67-,68-/m1/s1. The maximum Gasteiger partial charge on any atom is 0.472 e. The Kier molecular flexibility index (Phi) is 60.3. The Bertz CT molecular complexity index is 1800. The molecule has 0 rings (SSSR count). The van der Waals surface area contributed by atoms with Crippen LogP contribution in [0.4, 0.5) is 0 Å². The normalized spacial score (nSPS) is 14.5. The lowest BCUT2D eigenvalue weighted by atomic mass is 10.00. The molecule has 0 spiro atoms. The lowest BCUT2D eigenvalue weighted by Crippen LogP contribution is -2.30. The summed E-state index contributed by atoms with van der Waals surface area (Å²) in [7, 11) is -9.91. The van der Waals surface area contributed by atoms with Crippen molar-refractivity contribution in [3.8, 4) is 0 Å². The molecule has 17 nitrogen and oxygen atoms in total. The molecule has 0 heterocycles. The SMILES string of the molecule is CCC(C)CCCCCCCCC(=O)OC[C@H](COP(=O)(O)OC[C@H](O)COP(=O)(O)OC[C@@H](COC(=O)CCCCCCCCCCCCC(C)C)OC(=O)CCCCCCCCCCCCCCCCC(C)C)OC(=O)CCCCCCCCCCC(C)C. The van der Waals surface area contributed by atoms with Crippen molar-refractivity contribution < 1.29 is 80.2 Å². The van der Waals surface area contributed by atoms with Crippen molar-refractivity contribution in [2.45, 2.75) is 375 Å². The van der Waals surface area contributed by atoms with Gasteiger partial charge in [-0.1, -0.05) is 306 Å². The summed E-state index contributed by atoms with van der Waals surface area (Å²) in [5.41, 5.74) is 0. The molecule has 3 N–H and O–H groups in total. The van der Waals surface area contributed by atoms with Gasteiger partial charge in [-0.25, -0.2) is 9.13 Å². The summed E-state index contributed by atoms with van der Waals surface area (Å²) >= 11 is 0. The largest absolute Gasteiger partial charge is 0.472 e. The number of ether oxygens (including phenoxy) is 4. The molecule has 0 radical (unpaired) electrons. The number of phosphoric acid groups is 2. The number of aliphatic hydroxyl groups excluding tert-OH is 1. The van der Waals surface area contributed by atoms with Crippen molar-refractivity contribution in [3.05, 3.63) is 0 Å². The minimum absolute atomic E-state index is 0.103. The average molecular weight is 1340 g/mol. The summed E-state index contributed by atoms with van der Waals surface area (Å²) in [5.74, 6) is 0.874. The number of unbranched alkanes of at least 4 members (excludes halogenated alkanes) is 34. The minimum atomic E-state index is -4.95. The molecule has 0 aliphatic rings. The van der Waals surface area contributed by atoms with Gasteiger partial charge < -0.3 is 33.8 Å². The monoisotopic (exact) mass is 1340 g/mol. The number of carbonyl (C=O) groups excluding carboxylic acids is 4. The van der Waals surface area contributed by atoms with Crippen molar-refractivity contribution in [2.75, 3.05) is 39.6 Å². The average Bonchev–Trinajstić information content (AvgIpc) is 3.57. The zero-order chi connectivity index (χ0) is 67.5. The number of phosphoric ester groups is 2. The van der Waals surface area contributed by atoms with Crippen LogP contribution in [0.2, 0.25) is 0 Å². The van der Waals surface area contributed by atoms with Gasteiger partial charge in [0.2, 0.25) is 0 Å². The molecule has 540 valence electrons. The topological polar surface area (TPSA) is 237 Å². The van der Waals surface area contributed by atoms with Gasteiger partial charge in [-0.15, -0.1) is 0 Å². The van der Waals surface area contributed by atoms with Crippen molar-refractivity contribution >= 4 is 39.5 Å². The number of carbonyl (C=O) groups is 4. The van der Waals surface area contributed by atoms with Crippen LogP contribution < -0.4 is 0 Å².